The van der Waals surface area contributed by atoms with Gasteiger partial charge in [-0.3, -0.25) is 4.90 Å². The van der Waals surface area contributed by atoms with Crippen LogP contribution in [-0.4, -0.2) is 38.4 Å². The van der Waals surface area contributed by atoms with Crippen LogP contribution in [0.4, 0.5) is 0 Å². The first-order chi connectivity index (χ1) is 12.1. The molecule has 2 aliphatic rings. The average Bonchev–Trinajstić information content (AvgIpc) is 2.61. The number of hydrogen-bond donors (Lipinski definition) is 1. The maximum atomic E-state index is 10.2. The molecule has 2 aromatic rings. The lowest BCUT2D eigenvalue weighted by molar-refractivity contribution is 0.137. The van der Waals surface area contributed by atoms with Gasteiger partial charge < -0.3 is 19.3 Å². The fraction of sp³-hybridized carbons (Fsp3) is 0.400. The number of rotatable bonds is 3. The molecule has 0 radical (unpaired) electrons. The monoisotopic (exact) mass is 341 g/mol. The van der Waals surface area contributed by atoms with Gasteiger partial charge in [0.15, 0.2) is 23.0 Å². The first-order valence-electron chi connectivity index (χ1n) is 8.43. The minimum atomic E-state index is 0.205. The van der Waals surface area contributed by atoms with E-state index in [1.807, 2.05) is 12.1 Å². The Bertz CT molecular complexity index is 833. The fourth-order valence-electron chi connectivity index (χ4n) is 4.28. The van der Waals surface area contributed by atoms with Gasteiger partial charge in [0.1, 0.15) is 0 Å². The summed E-state index contributed by atoms with van der Waals surface area (Å²) >= 11 is 0. The summed E-state index contributed by atoms with van der Waals surface area (Å²) in [5.74, 6) is 2.27. The predicted octanol–water partition coefficient (Wildman–Crippen LogP) is 3.24. The molecular formula is C20H23NO4. The van der Waals surface area contributed by atoms with Crippen molar-refractivity contribution >= 4 is 0 Å². The number of phenols is 1. The van der Waals surface area contributed by atoms with Crippen LogP contribution in [-0.2, 0) is 12.8 Å². The summed E-state index contributed by atoms with van der Waals surface area (Å²) in [6.45, 7) is 0. The third kappa shape index (κ3) is 2.34. The first kappa shape index (κ1) is 16.1. The molecule has 2 aliphatic heterocycles. The third-order valence-electron chi connectivity index (χ3n) is 5.61. The molecule has 2 heterocycles. The van der Waals surface area contributed by atoms with Crippen molar-refractivity contribution in [3.8, 4) is 23.0 Å². The lowest BCUT2D eigenvalue weighted by Crippen LogP contribution is -2.40. The van der Waals surface area contributed by atoms with Crippen molar-refractivity contribution in [1.29, 1.82) is 0 Å². The number of hydrogen-bond acceptors (Lipinski definition) is 5. The van der Waals surface area contributed by atoms with Gasteiger partial charge in [-0.1, -0.05) is 0 Å². The summed E-state index contributed by atoms with van der Waals surface area (Å²) in [6, 6.07) is 8.55. The number of ether oxygens (including phenoxy) is 3. The maximum absolute atomic E-state index is 10.2. The molecule has 132 valence electrons. The quantitative estimate of drug-likeness (QED) is 0.929. The highest BCUT2D eigenvalue weighted by molar-refractivity contribution is 5.55. The number of fused-ring (bicyclic) bond motifs is 6. The molecule has 0 saturated carbocycles. The van der Waals surface area contributed by atoms with Gasteiger partial charge in [0.2, 0.25) is 0 Å². The van der Waals surface area contributed by atoms with Crippen LogP contribution < -0.4 is 14.2 Å². The van der Waals surface area contributed by atoms with Crippen LogP contribution in [0.3, 0.4) is 0 Å². The highest BCUT2D eigenvalue weighted by atomic mass is 16.5. The van der Waals surface area contributed by atoms with E-state index in [0.717, 1.165) is 24.3 Å². The van der Waals surface area contributed by atoms with Crippen LogP contribution in [0.15, 0.2) is 24.3 Å². The lowest BCUT2D eigenvalue weighted by atomic mass is 9.76. The molecular weight excluding hydrogens is 318 g/mol. The van der Waals surface area contributed by atoms with Crippen LogP contribution >= 0.6 is 0 Å². The Kier molecular flexibility index (Phi) is 3.76. The van der Waals surface area contributed by atoms with E-state index in [1.54, 1.807) is 21.3 Å². The Morgan fingerprint density at radius 3 is 1.84 bits per heavy atom. The molecule has 0 amide bonds. The highest BCUT2D eigenvalue weighted by Gasteiger charge is 2.39. The Labute approximate surface area is 147 Å². The normalized spacial score (nSPS) is 21.3. The molecule has 25 heavy (non-hydrogen) atoms. The van der Waals surface area contributed by atoms with Crippen molar-refractivity contribution in [1.82, 2.24) is 4.90 Å². The fourth-order valence-corrected chi connectivity index (χ4v) is 4.28. The standard InChI is InChI=1S/C20H23NO4/c1-21-15-5-11-7-17(22)18(23-2)9-13(11)16(21)6-12-8-19(24-3)20(25-4)10-14(12)15/h7-10,15-16,22H,5-6H2,1-4H3/t15-,16-/m0/s1. The number of likely N-dealkylation sites (N-methyl/N-ethyl adjacent to an activating group) is 1. The minimum absolute atomic E-state index is 0.205. The van der Waals surface area contributed by atoms with Gasteiger partial charge in [0.05, 0.1) is 21.3 Å². The average molecular weight is 341 g/mol. The summed E-state index contributed by atoms with van der Waals surface area (Å²) in [7, 11) is 7.09. The van der Waals surface area contributed by atoms with Gasteiger partial charge in [0, 0.05) is 12.1 Å². The van der Waals surface area contributed by atoms with E-state index in [-0.39, 0.29) is 17.8 Å². The van der Waals surface area contributed by atoms with Gasteiger partial charge in [-0.25, -0.2) is 0 Å². The molecule has 2 atom stereocenters. The predicted molar refractivity (Wildman–Crippen MR) is 94.9 cm³/mol. The zero-order valence-corrected chi connectivity index (χ0v) is 15.0. The second-order valence-corrected chi connectivity index (χ2v) is 6.73. The number of phenolic OH excluding ortho intramolecular Hbond substituents is 1. The largest absolute Gasteiger partial charge is 0.504 e. The van der Waals surface area contributed by atoms with Crippen molar-refractivity contribution in [2.24, 2.45) is 0 Å². The van der Waals surface area contributed by atoms with Crippen molar-refractivity contribution in [3.05, 3.63) is 46.5 Å². The summed E-state index contributed by atoms with van der Waals surface area (Å²) < 4.78 is 16.3. The van der Waals surface area contributed by atoms with E-state index in [0.29, 0.717) is 5.75 Å². The number of benzene rings is 2. The van der Waals surface area contributed by atoms with Gasteiger partial charge in [0.25, 0.3) is 0 Å². The van der Waals surface area contributed by atoms with E-state index >= 15 is 0 Å². The Balaban J connectivity index is 1.84. The molecule has 0 fully saturated rings. The lowest BCUT2D eigenvalue weighted by Gasteiger charge is -2.46. The Morgan fingerprint density at radius 2 is 1.28 bits per heavy atom. The van der Waals surface area contributed by atoms with Gasteiger partial charge in [-0.2, -0.15) is 0 Å². The summed E-state index contributed by atoms with van der Waals surface area (Å²) in [4.78, 5) is 2.41. The van der Waals surface area contributed by atoms with Crippen LogP contribution in [0.25, 0.3) is 0 Å². The Morgan fingerprint density at radius 1 is 0.800 bits per heavy atom. The molecule has 0 unspecified atom stereocenters. The van der Waals surface area contributed by atoms with Gasteiger partial charge >= 0.3 is 0 Å². The number of nitrogens with zero attached hydrogens (tertiary/aromatic N) is 1. The van der Waals surface area contributed by atoms with Crippen molar-refractivity contribution in [2.75, 3.05) is 28.4 Å². The summed E-state index contributed by atoms with van der Waals surface area (Å²) in [6.07, 6.45) is 1.74. The third-order valence-corrected chi connectivity index (χ3v) is 5.61. The van der Waals surface area contributed by atoms with Crippen LogP contribution in [0.5, 0.6) is 23.0 Å². The molecule has 4 rings (SSSR count). The highest BCUT2D eigenvalue weighted by Crippen LogP contribution is 2.50. The van der Waals surface area contributed by atoms with E-state index < -0.39 is 0 Å². The topological polar surface area (TPSA) is 51.2 Å². The van der Waals surface area contributed by atoms with Crippen molar-refractivity contribution in [2.45, 2.75) is 24.9 Å². The molecule has 0 spiro atoms. The first-order valence-corrected chi connectivity index (χ1v) is 8.43. The maximum Gasteiger partial charge on any atom is 0.161 e. The van der Waals surface area contributed by atoms with Crippen LogP contribution in [0.2, 0.25) is 0 Å². The molecule has 5 heteroatoms. The van der Waals surface area contributed by atoms with Crippen LogP contribution in [0, 0.1) is 0 Å². The van der Waals surface area contributed by atoms with Crippen molar-refractivity contribution < 1.29 is 19.3 Å². The van der Waals surface area contributed by atoms with Gasteiger partial charge in [-0.15, -0.1) is 0 Å². The molecule has 0 aliphatic carbocycles. The summed E-state index contributed by atoms with van der Waals surface area (Å²) in [5.41, 5.74) is 4.99. The van der Waals surface area contributed by atoms with Crippen LogP contribution in [0.1, 0.15) is 34.3 Å². The molecule has 5 nitrogen and oxygen atoms in total. The van der Waals surface area contributed by atoms with E-state index in [4.69, 9.17) is 14.2 Å². The molecule has 0 aromatic heterocycles. The number of aromatic hydroxyl groups is 1. The number of methoxy groups -OCH3 is 3. The van der Waals surface area contributed by atoms with E-state index in [2.05, 4.69) is 24.1 Å². The molecule has 0 saturated heterocycles. The SMILES string of the molecule is COc1cc2c(cc1O)C[C@H]1c3cc(OC)c(OC)cc3C[C@@H]2N1C. The van der Waals surface area contributed by atoms with E-state index in [1.165, 1.54) is 22.3 Å². The second kappa shape index (κ2) is 5.85. The molecule has 2 aromatic carbocycles. The Hall–Kier alpha value is -2.40. The smallest absolute Gasteiger partial charge is 0.161 e. The molecule has 1 N–H and O–H groups in total. The van der Waals surface area contributed by atoms with E-state index in [9.17, 15) is 5.11 Å². The summed E-state index contributed by atoms with van der Waals surface area (Å²) in [5, 5.41) is 10.2. The zero-order chi connectivity index (χ0) is 17.7. The minimum Gasteiger partial charge on any atom is -0.504 e. The van der Waals surface area contributed by atoms with Crippen molar-refractivity contribution in [3.63, 3.8) is 0 Å². The zero-order valence-electron chi connectivity index (χ0n) is 15.0. The van der Waals surface area contributed by atoms with Gasteiger partial charge in [-0.05, 0) is 66.4 Å². The second-order valence-electron chi connectivity index (χ2n) is 6.73. The molecule has 2 bridgehead atoms.